The van der Waals surface area contributed by atoms with Crippen molar-refractivity contribution < 1.29 is 17.3 Å². The van der Waals surface area contributed by atoms with Crippen LogP contribution in [0.15, 0.2) is 77.7 Å². The Morgan fingerprint density at radius 1 is 0.889 bits per heavy atom. The Morgan fingerprint density at radius 2 is 1.63 bits per heavy atom. The van der Waals surface area contributed by atoms with E-state index in [0.717, 1.165) is 20.8 Å². The molecule has 0 aliphatic carbocycles. The lowest BCUT2D eigenvalue weighted by Crippen LogP contribution is -2.10. The second-order valence-corrected chi connectivity index (χ2v) is 8.28. The maximum absolute atomic E-state index is 12.5. The summed E-state index contributed by atoms with van der Waals surface area (Å²) < 4.78 is 36.6. The van der Waals surface area contributed by atoms with E-state index in [1.807, 2.05) is 24.3 Å². The number of para-hydroxylation sites is 1. The van der Waals surface area contributed by atoms with Crippen molar-refractivity contribution in [2.24, 2.45) is 0 Å². The van der Waals surface area contributed by atoms with Crippen molar-refractivity contribution >= 4 is 31.7 Å². The van der Waals surface area contributed by atoms with E-state index in [0.29, 0.717) is 5.75 Å². The van der Waals surface area contributed by atoms with Gasteiger partial charge < -0.3 is 8.92 Å². The third-order valence-electron chi connectivity index (χ3n) is 3.94. The second kappa shape index (κ2) is 7.02. The lowest BCUT2D eigenvalue weighted by molar-refractivity contribution is 0.391. The molecular weight excluding hydrogens is 382 g/mol. The van der Waals surface area contributed by atoms with E-state index < -0.39 is 10.1 Å². The standard InChI is InChI=1S/C20H15NO4S2/c1-24-18-13-14(20-21-16-9-5-6-10-19(16)26-20)11-12-17(18)25-27(22,23)15-7-3-2-4-8-15/h2-13H,1H3. The van der Waals surface area contributed by atoms with Gasteiger partial charge in [-0.05, 0) is 42.5 Å². The minimum Gasteiger partial charge on any atom is -0.493 e. The molecule has 0 fully saturated rings. The first-order valence-corrected chi connectivity index (χ1v) is 10.3. The number of rotatable bonds is 5. The molecule has 0 atom stereocenters. The Bertz CT molecular complexity index is 1170. The molecule has 0 radical (unpaired) electrons. The van der Waals surface area contributed by atoms with Gasteiger partial charge in [-0.25, -0.2) is 4.98 Å². The van der Waals surface area contributed by atoms with Gasteiger partial charge in [-0.3, -0.25) is 0 Å². The summed E-state index contributed by atoms with van der Waals surface area (Å²) in [6.45, 7) is 0. The summed E-state index contributed by atoms with van der Waals surface area (Å²) in [6.07, 6.45) is 0. The van der Waals surface area contributed by atoms with E-state index in [1.165, 1.54) is 19.2 Å². The number of benzene rings is 3. The van der Waals surface area contributed by atoms with Crippen molar-refractivity contribution in [1.82, 2.24) is 4.98 Å². The molecule has 136 valence electrons. The molecule has 3 aromatic carbocycles. The zero-order valence-electron chi connectivity index (χ0n) is 14.3. The maximum Gasteiger partial charge on any atom is 0.339 e. The average molecular weight is 397 g/mol. The SMILES string of the molecule is COc1cc(-c2nc3ccccc3s2)ccc1OS(=O)(=O)c1ccccc1. The van der Waals surface area contributed by atoms with Crippen molar-refractivity contribution in [3.05, 3.63) is 72.8 Å². The van der Waals surface area contributed by atoms with Crippen molar-refractivity contribution in [1.29, 1.82) is 0 Å². The Kier molecular flexibility index (Phi) is 4.55. The first-order chi connectivity index (χ1) is 13.1. The number of fused-ring (bicyclic) bond motifs is 1. The number of hydrogen-bond acceptors (Lipinski definition) is 6. The fraction of sp³-hybridized carbons (Fsp3) is 0.0500. The Labute approximate surface area is 161 Å². The van der Waals surface area contributed by atoms with Crippen LogP contribution < -0.4 is 8.92 Å². The van der Waals surface area contributed by atoms with Crippen molar-refractivity contribution in [2.75, 3.05) is 7.11 Å². The summed E-state index contributed by atoms with van der Waals surface area (Å²) in [5.74, 6) is 0.456. The molecular formula is C20H15NO4S2. The third-order valence-corrected chi connectivity index (χ3v) is 6.27. The lowest BCUT2D eigenvalue weighted by Gasteiger charge is -2.11. The van der Waals surface area contributed by atoms with Gasteiger partial charge >= 0.3 is 10.1 Å². The molecule has 4 rings (SSSR count). The third kappa shape index (κ3) is 3.51. The molecule has 0 saturated heterocycles. The van der Waals surface area contributed by atoms with Crippen LogP contribution in [0.2, 0.25) is 0 Å². The van der Waals surface area contributed by atoms with Crippen LogP contribution in [0.4, 0.5) is 0 Å². The smallest absolute Gasteiger partial charge is 0.339 e. The average Bonchev–Trinajstić information content (AvgIpc) is 3.13. The maximum atomic E-state index is 12.5. The van der Waals surface area contributed by atoms with Crippen molar-refractivity contribution in [3.63, 3.8) is 0 Å². The van der Waals surface area contributed by atoms with Crippen molar-refractivity contribution in [2.45, 2.75) is 4.90 Å². The summed E-state index contributed by atoms with van der Waals surface area (Å²) in [7, 11) is -2.47. The Hall–Kier alpha value is -2.90. The number of nitrogens with zero attached hydrogens (tertiary/aromatic N) is 1. The molecule has 1 aromatic heterocycles. The van der Waals surface area contributed by atoms with Gasteiger partial charge in [0.2, 0.25) is 0 Å². The number of methoxy groups -OCH3 is 1. The number of ether oxygens (including phenoxy) is 1. The molecule has 0 aliphatic heterocycles. The van der Waals surface area contributed by atoms with E-state index in [1.54, 1.807) is 47.7 Å². The van der Waals surface area contributed by atoms with Gasteiger partial charge in [-0.15, -0.1) is 11.3 Å². The van der Waals surface area contributed by atoms with Gasteiger partial charge in [0.05, 0.1) is 17.3 Å². The molecule has 7 heteroatoms. The van der Waals surface area contributed by atoms with Crippen LogP contribution in [-0.2, 0) is 10.1 Å². The molecule has 27 heavy (non-hydrogen) atoms. The molecule has 0 aliphatic rings. The van der Waals surface area contributed by atoms with Gasteiger partial charge in [-0.1, -0.05) is 30.3 Å². The van der Waals surface area contributed by atoms with E-state index >= 15 is 0 Å². The normalized spacial score (nSPS) is 11.4. The molecule has 0 spiro atoms. The fourth-order valence-corrected chi connectivity index (χ4v) is 4.54. The number of thiazole rings is 1. The van der Waals surface area contributed by atoms with Crippen LogP contribution in [0, 0.1) is 0 Å². The number of hydrogen-bond donors (Lipinski definition) is 0. The highest BCUT2D eigenvalue weighted by Gasteiger charge is 2.19. The van der Waals surface area contributed by atoms with Gasteiger partial charge in [0.1, 0.15) is 9.90 Å². The highest BCUT2D eigenvalue weighted by atomic mass is 32.2. The van der Waals surface area contributed by atoms with Crippen LogP contribution in [0.5, 0.6) is 11.5 Å². The molecule has 5 nitrogen and oxygen atoms in total. The first-order valence-electron chi connectivity index (χ1n) is 8.10. The highest BCUT2D eigenvalue weighted by molar-refractivity contribution is 7.87. The molecule has 0 N–H and O–H groups in total. The fourth-order valence-electron chi connectivity index (χ4n) is 2.62. The van der Waals surface area contributed by atoms with Gasteiger partial charge in [0.15, 0.2) is 11.5 Å². The summed E-state index contributed by atoms with van der Waals surface area (Å²) in [5.41, 5.74) is 1.75. The lowest BCUT2D eigenvalue weighted by atomic mass is 10.2. The number of aromatic nitrogens is 1. The first kappa shape index (κ1) is 17.5. The van der Waals surface area contributed by atoms with E-state index in [4.69, 9.17) is 8.92 Å². The van der Waals surface area contributed by atoms with E-state index in [-0.39, 0.29) is 10.6 Å². The van der Waals surface area contributed by atoms with Crippen LogP contribution >= 0.6 is 11.3 Å². The quantitative estimate of drug-likeness (QED) is 0.455. The highest BCUT2D eigenvalue weighted by Crippen LogP contribution is 2.37. The monoisotopic (exact) mass is 397 g/mol. The predicted octanol–water partition coefficient (Wildman–Crippen LogP) is 4.74. The predicted molar refractivity (Wildman–Crippen MR) is 106 cm³/mol. The zero-order chi connectivity index (χ0) is 18.9. The van der Waals surface area contributed by atoms with Gasteiger partial charge in [0.25, 0.3) is 0 Å². The molecule has 0 saturated carbocycles. The summed E-state index contributed by atoms with van der Waals surface area (Å²) in [4.78, 5) is 4.70. The topological polar surface area (TPSA) is 65.5 Å². The summed E-state index contributed by atoms with van der Waals surface area (Å²) >= 11 is 1.56. The molecule has 0 bridgehead atoms. The van der Waals surface area contributed by atoms with Crippen LogP contribution in [-0.4, -0.2) is 20.5 Å². The molecule has 1 heterocycles. The van der Waals surface area contributed by atoms with Crippen molar-refractivity contribution in [3.8, 4) is 22.1 Å². The molecule has 4 aromatic rings. The summed E-state index contributed by atoms with van der Waals surface area (Å²) in [6, 6.07) is 21.0. The second-order valence-electron chi connectivity index (χ2n) is 5.70. The van der Waals surface area contributed by atoms with E-state index in [9.17, 15) is 8.42 Å². The van der Waals surface area contributed by atoms with Crippen LogP contribution in [0.25, 0.3) is 20.8 Å². The molecule has 0 amide bonds. The largest absolute Gasteiger partial charge is 0.493 e. The molecule has 0 unspecified atom stereocenters. The Morgan fingerprint density at radius 3 is 2.37 bits per heavy atom. The minimum atomic E-state index is -3.94. The zero-order valence-corrected chi connectivity index (χ0v) is 16.0. The summed E-state index contributed by atoms with van der Waals surface area (Å²) in [5, 5.41) is 0.826. The van der Waals surface area contributed by atoms with Gasteiger partial charge in [0, 0.05) is 5.56 Å². The van der Waals surface area contributed by atoms with Gasteiger partial charge in [-0.2, -0.15) is 8.42 Å². The minimum absolute atomic E-state index is 0.0855. The van der Waals surface area contributed by atoms with Crippen LogP contribution in [0.3, 0.4) is 0 Å². The van der Waals surface area contributed by atoms with Crippen LogP contribution in [0.1, 0.15) is 0 Å². The Balaban J connectivity index is 1.69. The van der Waals surface area contributed by atoms with E-state index in [2.05, 4.69) is 4.98 Å².